The topological polar surface area (TPSA) is 85.9 Å². The lowest BCUT2D eigenvalue weighted by atomic mass is 10.1. The number of amides is 2. The Kier molecular flexibility index (Phi) is 7.05. The monoisotopic (exact) mass is 372 g/mol. The number of hydrogen-bond donors (Lipinski definition) is 2. The van der Waals surface area contributed by atoms with Crippen LogP contribution < -0.4 is 24.8 Å². The van der Waals surface area contributed by atoms with Crippen molar-refractivity contribution in [2.24, 2.45) is 0 Å². The maximum Gasteiger partial charge on any atom is 0.224 e. The first-order chi connectivity index (χ1) is 13.0. The molecule has 144 valence electrons. The third-order valence-electron chi connectivity index (χ3n) is 3.85. The molecule has 0 radical (unpaired) electrons. The quantitative estimate of drug-likeness (QED) is 0.744. The minimum absolute atomic E-state index is 0.115. The van der Waals surface area contributed by atoms with Gasteiger partial charge in [0.25, 0.3) is 0 Å². The van der Waals surface area contributed by atoms with Crippen LogP contribution in [0.2, 0.25) is 0 Å². The van der Waals surface area contributed by atoms with Crippen molar-refractivity contribution in [2.75, 3.05) is 26.6 Å². The number of carbonyl (C=O) groups is 2. The van der Waals surface area contributed by atoms with Crippen LogP contribution in [0.1, 0.15) is 18.1 Å². The molecule has 7 heteroatoms. The Bertz CT molecular complexity index is 778. The van der Waals surface area contributed by atoms with E-state index in [-0.39, 0.29) is 18.2 Å². The van der Waals surface area contributed by atoms with E-state index in [2.05, 4.69) is 10.6 Å². The summed E-state index contributed by atoms with van der Waals surface area (Å²) >= 11 is 0. The first-order valence-corrected chi connectivity index (χ1v) is 8.39. The van der Waals surface area contributed by atoms with Gasteiger partial charge in [0.15, 0.2) is 11.5 Å². The summed E-state index contributed by atoms with van der Waals surface area (Å²) in [5.41, 5.74) is 2.38. The zero-order chi connectivity index (χ0) is 19.8. The molecule has 0 saturated heterocycles. The number of rotatable bonds is 8. The predicted octanol–water partition coefficient (Wildman–Crippen LogP) is 2.53. The van der Waals surface area contributed by atoms with E-state index in [4.69, 9.17) is 14.2 Å². The number of benzene rings is 2. The van der Waals surface area contributed by atoms with Crippen LogP contribution in [0.3, 0.4) is 0 Å². The van der Waals surface area contributed by atoms with E-state index in [1.165, 1.54) is 6.92 Å². The molecule has 0 atom stereocenters. The van der Waals surface area contributed by atoms with E-state index < -0.39 is 0 Å². The van der Waals surface area contributed by atoms with Crippen molar-refractivity contribution in [3.63, 3.8) is 0 Å². The fraction of sp³-hybridized carbons (Fsp3) is 0.300. The van der Waals surface area contributed by atoms with Crippen molar-refractivity contribution in [2.45, 2.75) is 19.9 Å². The second-order valence-corrected chi connectivity index (χ2v) is 5.87. The average molecular weight is 372 g/mol. The predicted molar refractivity (Wildman–Crippen MR) is 102 cm³/mol. The molecule has 0 aliphatic carbocycles. The highest BCUT2D eigenvalue weighted by Crippen LogP contribution is 2.38. The Morgan fingerprint density at radius 1 is 0.889 bits per heavy atom. The summed E-state index contributed by atoms with van der Waals surface area (Å²) in [6.45, 7) is 1.78. The Labute approximate surface area is 158 Å². The normalized spacial score (nSPS) is 10.1. The Balaban J connectivity index is 1.98. The lowest BCUT2D eigenvalue weighted by molar-refractivity contribution is -0.120. The van der Waals surface area contributed by atoms with Gasteiger partial charge in [-0.15, -0.1) is 0 Å². The molecule has 0 heterocycles. The molecule has 2 aromatic carbocycles. The minimum atomic E-state index is -0.133. The second-order valence-electron chi connectivity index (χ2n) is 5.87. The summed E-state index contributed by atoms with van der Waals surface area (Å²) in [6.07, 6.45) is 0.241. The van der Waals surface area contributed by atoms with Crippen LogP contribution in [0, 0.1) is 0 Å². The standard InChI is InChI=1S/C20H24N2O5/c1-13(23)22-16-7-5-14(6-8-16)11-19(24)21-12-15-9-17(25-2)20(27-4)18(10-15)26-3/h5-10H,11-12H2,1-4H3,(H,21,24)(H,22,23). The molecule has 2 aromatic rings. The summed E-state index contributed by atoms with van der Waals surface area (Å²) in [5, 5.41) is 5.56. The highest BCUT2D eigenvalue weighted by Gasteiger charge is 2.13. The lowest BCUT2D eigenvalue weighted by Gasteiger charge is -2.14. The van der Waals surface area contributed by atoms with Crippen molar-refractivity contribution >= 4 is 17.5 Å². The second kappa shape index (κ2) is 9.47. The van der Waals surface area contributed by atoms with Crippen LogP contribution in [0.15, 0.2) is 36.4 Å². The Hall–Kier alpha value is -3.22. The average Bonchev–Trinajstić information content (AvgIpc) is 2.66. The molecule has 0 aromatic heterocycles. The smallest absolute Gasteiger partial charge is 0.224 e. The molecule has 0 aliphatic rings. The van der Waals surface area contributed by atoms with E-state index in [0.29, 0.717) is 29.5 Å². The van der Waals surface area contributed by atoms with Gasteiger partial charge in [-0.3, -0.25) is 9.59 Å². The molecule has 7 nitrogen and oxygen atoms in total. The van der Waals surface area contributed by atoms with Crippen LogP contribution in [0.4, 0.5) is 5.69 Å². The van der Waals surface area contributed by atoms with Gasteiger partial charge in [0, 0.05) is 19.2 Å². The van der Waals surface area contributed by atoms with Gasteiger partial charge in [-0.05, 0) is 35.4 Å². The molecular weight excluding hydrogens is 348 g/mol. The van der Waals surface area contributed by atoms with Crippen LogP contribution in [-0.4, -0.2) is 33.1 Å². The van der Waals surface area contributed by atoms with E-state index in [9.17, 15) is 9.59 Å². The summed E-state index contributed by atoms with van der Waals surface area (Å²) in [5.74, 6) is 1.33. The highest BCUT2D eigenvalue weighted by atomic mass is 16.5. The number of ether oxygens (including phenoxy) is 3. The molecule has 0 spiro atoms. The van der Waals surface area contributed by atoms with E-state index in [1.54, 1.807) is 45.6 Å². The molecule has 2 N–H and O–H groups in total. The van der Waals surface area contributed by atoms with Gasteiger partial charge in [-0.2, -0.15) is 0 Å². The van der Waals surface area contributed by atoms with Crippen LogP contribution in [-0.2, 0) is 22.6 Å². The van der Waals surface area contributed by atoms with Gasteiger partial charge in [0.1, 0.15) is 0 Å². The molecule has 27 heavy (non-hydrogen) atoms. The largest absolute Gasteiger partial charge is 0.493 e. The van der Waals surface area contributed by atoms with Gasteiger partial charge in [0.05, 0.1) is 27.8 Å². The van der Waals surface area contributed by atoms with Gasteiger partial charge in [-0.25, -0.2) is 0 Å². The molecule has 0 saturated carbocycles. The van der Waals surface area contributed by atoms with Gasteiger partial charge >= 0.3 is 0 Å². The van der Waals surface area contributed by atoms with Crippen LogP contribution in [0.5, 0.6) is 17.2 Å². The number of nitrogens with one attached hydrogen (secondary N) is 2. The lowest BCUT2D eigenvalue weighted by Crippen LogP contribution is -2.24. The van der Waals surface area contributed by atoms with Gasteiger partial charge in [-0.1, -0.05) is 12.1 Å². The number of methoxy groups -OCH3 is 3. The van der Waals surface area contributed by atoms with Crippen molar-refractivity contribution in [1.29, 1.82) is 0 Å². The third-order valence-corrected chi connectivity index (χ3v) is 3.85. The van der Waals surface area contributed by atoms with Gasteiger partial charge < -0.3 is 24.8 Å². The third kappa shape index (κ3) is 5.64. The minimum Gasteiger partial charge on any atom is -0.493 e. The first kappa shape index (κ1) is 20.1. The SMILES string of the molecule is COc1cc(CNC(=O)Cc2ccc(NC(C)=O)cc2)cc(OC)c1OC. The molecule has 2 rings (SSSR count). The van der Waals surface area contributed by atoms with Crippen LogP contribution >= 0.6 is 0 Å². The maximum atomic E-state index is 12.2. The summed E-state index contributed by atoms with van der Waals surface area (Å²) in [6, 6.07) is 10.7. The molecule has 0 bridgehead atoms. The molecular formula is C20H24N2O5. The zero-order valence-corrected chi connectivity index (χ0v) is 15.9. The fourth-order valence-electron chi connectivity index (χ4n) is 2.60. The van der Waals surface area contributed by atoms with E-state index >= 15 is 0 Å². The van der Waals surface area contributed by atoms with Crippen molar-refractivity contribution in [3.8, 4) is 17.2 Å². The number of hydrogen-bond acceptors (Lipinski definition) is 5. The fourth-order valence-corrected chi connectivity index (χ4v) is 2.60. The Morgan fingerprint density at radius 3 is 1.96 bits per heavy atom. The summed E-state index contributed by atoms with van der Waals surface area (Å²) in [7, 11) is 4.63. The maximum absolute atomic E-state index is 12.2. The first-order valence-electron chi connectivity index (χ1n) is 8.39. The number of anilines is 1. The summed E-state index contributed by atoms with van der Waals surface area (Å²) < 4.78 is 15.9. The Morgan fingerprint density at radius 2 is 1.48 bits per heavy atom. The van der Waals surface area contributed by atoms with E-state index in [1.807, 2.05) is 12.1 Å². The zero-order valence-electron chi connectivity index (χ0n) is 15.9. The molecule has 0 fully saturated rings. The van der Waals surface area contributed by atoms with E-state index in [0.717, 1.165) is 11.1 Å². The number of carbonyl (C=O) groups excluding carboxylic acids is 2. The summed E-state index contributed by atoms with van der Waals surface area (Å²) in [4.78, 5) is 23.2. The van der Waals surface area contributed by atoms with Crippen molar-refractivity contribution in [3.05, 3.63) is 47.5 Å². The van der Waals surface area contributed by atoms with Crippen molar-refractivity contribution < 1.29 is 23.8 Å². The van der Waals surface area contributed by atoms with Gasteiger partial charge in [0.2, 0.25) is 17.6 Å². The molecule has 0 unspecified atom stereocenters. The highest BCUT2D eigenvalue weighted by molar-refractivity contribution is 5.88. The molecule has 0 aliphatic heterocycles. The van der Waals surface area contributed by atoms with Crippen molar-refractivity contribution in [1.82, 2.24) is 5.32 Å². The molecule has 2 amide bonds. The van der Waals surface area contributed by atoms with Crippen LogP contribution in [0.25, 0.3) is 0 Å².